The average molecular weight is 260 g/mol. The van der Waals surface area contributed by atoms with Crippen LogP contribution in [0.25, 0.3) is 6.08 Å². The maximum absolute atomic E-state index is 13.2. The van der Waals surface area contributed by atoms with E-state index in [9.17, 15) is 9.18 Å². The number of nitrogens with two attached hydrogens (primary N) is 1. The Kier molecular flexibility index (Phi) is 4.83. The van der Waals surface area contributed by atoms with Crippen molar-refractivity contribution in [2.75, 3.05) is 11.5 Å². The predicted molar refractivity (Wildman–Crippen MR) is 68.0 cm³/mol. The van der Waals surface area contributed by atoms with Crippen molar-refractivity contribution in [3.05, 3.63) is 34.6 Å². The van der Waals surface area contributed by atoms with E-state index in [1.807, 2.05) is 0 Å². The number of carbonyl (C=O) groups excluding carboxylic acids is 1. The Bertz CT molecular complexity index is 434. The molecule has 0 saturated carbocycles. The van der Waals surface area contributed by atoms with Crippen LogP contribution in [-0.4, -0.2) is 10.9 Å². The summed E-state index contributed by atoms with van der Waals surface area (Å²) in [6.07, 6.45) is 3.40. The van der Waals surface area contributed by atoms with E-state index in [0.717, 1.165) is 0 Å². The largest absolute Gasteiger partial charge is 0.396 e. The standard InChI is InChI=1S/C11H11ClFNOS/c1-7(15)16-4-2-3-8-5-9(12)6-10(13)11(8)14/h2-3,5-6H,4,14H2,1H3. The molecule has 1 aromatic carbocycles. The molecule has 0 fully saturated rings. The smallest absolute Gasteiger partial charge is 0.186 e. The predicted octanol–water partition coefficient (Wildman–Crippen LogP) is 3.35. The van der Waals surface area contributed by atoms with Crippen molar-refractivity contribution in [1.82, 2.24) is 0 Å². The lowest BCUT2D eigenvalue weighted by Crippen LogP contribution is -1.94. The first-order valence-electron chi connectivity index (χ1n) is 4.55. The van der Waals surface area contributed by atoms with E-state index in [1.54, 1.807) is 18.2 Å². The number of benzene rings is 1. The molecular formula is C11H11ClFNOS. The van der Waals surface area contributed by atoms with Crippen LogP contribution in [-0.2, 0) is 4.79 Å². The molecule has 0 amide bonds. The van der Waals surface area contributed by atoms with E-state index < -0.39 is 5.82 Å². The Morgan fingerprint density at radius 1 is 1.62 bits per heavy atom. The van der Waals surface area contributed by atoms with E-state index in [2.05, 4.69) is 0 Å². The van der Waals surface area contributed by atoms with Crippen molar-refractivity contribution >= 4 is 40.2 Å². The highest BCUT2D eigenvalue weighted by Gasteiger charge is 2.04. The minimum Gasteiger partial charge on any atom is -0.396 e. The number of hydrogen-bond donors (Lipinski definition) is 1. The zero-order valence-corrected chi connectivity index (χ0v) is 10.2. The molecule has 0 aliphatic heterocycles. The van der Waals surface area contributed by atoms with Gasteiger partial charge < -0.3 is 5.73 Å². The first-order valence-corrected chi connectivity index (χ1v) is 5.91. The molecule has 86 valence electrons. The fourth-order valence-electron chi connectivity index (χ4n) is 1.08. The zero-order valence-electron chi connectivity index (χ0n) is 8.67. The number of thioether (sulfide) groups is 1. The van der Waals surface area contributed by atoms with Crippen molar-refractivity contribution < 1.29 is 9.18 Å². The second-order valence-electron chi connectivity index (χ2n) is 3.10. The van der Waals surface area contributed by atoms with Gasteiger partial charge in [-0.3, -0.25) is 4.79 Å². The number of carbonyl (C=O) groups is 1. The van der Waals surface area contributed by atoms with Gasteiger partial charge in [0.15, 0.2) is 5.12 Å². The monoisotopic (exact) mass is 259 g/mol. The van der Waals surface area contributed by atoms with Gasteiger partial charge in [0.05, 0.1) is 5.69 Å². The summed E-state index contributed by atoms with van der Waals surface area (Å²) in [7, 11) is 0. The van der Waals surface area contributed by atoms with Crippen molar-refractivity contribution in [1.29, 1.82) is 0 Å². The Morgan fingerprint density at radius 2 is 2.31 bits per heavy atom. The van der Waals surface area contributed by atoms with Crippen molar-refractivity contribution in [3.63, 3.8) is 0 Å². The van der Waals surface area contributed by atoms with Crippen LogP contribution in [0.1, 0.15) is 12.5 Å². The summed E-state index contributed by atoms with van der Waals surface area (Å²) in [6.45, 7) is 1.49. The molecular weight excluding hydrogens is 249 g/mol. The summed E-state index contributed by atoms with van der Waals surface area (Å²) in [5.74, 6) is -0.00511. The summed E-state index contributed by atoms with van der Waals surface area (Å²) < 4.78 is 13.2. The van der Waals surface area contributed by atoms with E-state index in [4.69, 9.17) is 17.3 Å². The molecule has 0 aliphatic rings. The lowest BCUT2D eigenvalue weighted by atomic mass is 10.1. The molecule has 5 heteroatoms. The highest BCUT2D eigenvalue weighted by atomic mass is 35.5. The summed E-state index contributed by atoms with van der Waals surface area (Å²) in [6, 6.07) is 2.74. The summed E-state index contributed by atoms with van der Waals surface area (Å²) in [5.41, 5.74) is 6.12. The number of nitrogen functional groups attached to an aromatic ring is 1. The van der Waals surface area contributed by atoms with Crippen LogP contribution in [0.5, 0.6) is 0 Å². The van der Waals surface area contributed by atoms with Crippen LogP contribution >= 0.6 is 23.4 Å². The van der Waals surface area contributed by atoms with Crippen LogP contribution in [0.4, 0.5) is 10.1 Å². The molecule has 0 saturated heterocycles. The Morgan fingerprint density at radius 3 is 2.94 bits per heavy atom. The number of rotatable bonds is 3. The summed E-state index contributed by atoms with van der Waals surface area (Å²) >= 11 is 6.87. The van der Waals surface area contributed by atoms with Gasteiger partial charge in [0, 0.05) is 23.3 Å². The van der Waals surface area contributed by atoms with E-state index in [0.29, 0.717) is 16.3 Å². The molecule has 16 heavy (non-hydrogen) atoms. The Labute approximate surface area is 103 Å². The Hall–Kier alpha value is -1.00. The van der Waals surface area contributed by atoms with Crippen LogP contribution < -0.4 is 5.73 Å². The fourth-order valence-corrected chi connectivity index (χ4v) is 1.72. The normalized spacial score (nSPS) is 10.9. The van der Waals surface area contributed by atoms with Gasteiger partial charge in [0.1, 0.15) is 5.82 Å². The molecule has 2 nitrogen and oxygen atoms in total. The summed E-state index contributed by atoms with van der Waals surface area (Å²) in [4.78, 5) is 10.7. The second-order valence-corrected chi connectivity index (χ2v) is 4.73. The van der Waals surface area contributed by atoms with E-state index >= 15 is 0 Å². The lowest BCUT2D eigenvalue weighted by molar-refractivity contribution is -0.109. The van der Waals surface area contributed by atoms with Gasteiger partial charge in [0.2, 0.25) is 0 Å². The number of hydrogen-bond acceptors (Lipinski definition) is 3. The van der Waals surface area contributed by atoms with Gasteiger partial charge in [0.25, 0.3) is 0 Å². The van der Waals surface area contributed by atoms with Gasteiger partial charge in [-0.25, -0.2) is 4.39 Å². The highest BCUT2D eigenvalue weighted by Crippen LogP contribution is 2.23. The first kappa shape index (κ1) is 13.1. The Balaban J connectivity index is 2.77. The van der Waals surface area contributed by atoms with Crippen molar-refractivity contribution in [2.45, 2.75) is 6.92 Å². The molecule has 1 aromatic rings. The third-order valence-corrected chi connectivity index (χ3v) is 2.79. The first-order chi connectivity index (χ1) is 7.50. The van der Waals surface area contributed by atoms with Crippen LogP contribution in [0, 0.1) is 5.82 Å². The maximum Gasteiger partial charge on any atom is 0.186 e. The molecule has 1 rings (SSSR count). The molecule has 2 N–H and O–H groups in total. The third-order valence-electron chi connectivity index (χ3n) is 1.81. The average Bonchev–Trinajstić information content (AvgIpc) is 2.19. The topological polar surface area (TPSA) is 43.1 Å². The molecule has 0 atom stereocenters. The quantitative estimate of drug-likeness (QED) is 0.847. The van der Waals surface area contributed by atoms with Gasteiger partial charge in [-0.1, -0.05) is 35.5 Å². The number of halogens is 2. The molecule has 0 heterocycles. The third kappa shape index (κ3) is 3.87. The zero-order chi connectivity index (χ0) is 12.1. The molecule has 0 spiro atoms. The molecule has 0 unspecified atom stereocenters. The lowest BCUT2D eigenvalue weighted by Gasteiger charge is -2.02. The van der Waals surface area contributed by atoms with Crippen molar-refractivity contribution in [3.8, 4) is 0 Å². The minimum atomic E-state index is -0.536. The maximum atomic E-state index is 13.2. The second kappa shape index (κ2) is 5.92. The molecule has 0 aromatic heterocycles. The van der Waals surface area contributed by atoms with Crippen LogP contribution in [0.2, 0.25) is 5.02 Å². The molecule has 0 aliphatic carbocycles. The van der Waals surface area contributed by atoms with Crippen LogP contribution in [0.15, 0.2) is 18.2 Å². The van der Waals surface area contributed by atoms with Crippen molar-refractivity contribution in [2.24, 2.45) is 0 Å². The highest BCUT2D eigenvalue weighted by molar-refractivity contribution is 8.13. The molecule has 0 bridgehead atoms. The van der Waals surface area contributed by atoms with E-state index in [-0.39, 0.29) is 10.8 Å². The SMILES string of the molecule is CC(=O)SCC=Cc1cc(Cl)cc(F)c1N. The van der Waals surface area contributed by atoms with E-state index in [1.165, 1.54) is 24.8 Å². The van der Waals surface area contributed by atoms with Gasteiger partial charge >= 0.3 is 0 Å². The minimum absolute atomic E-state index is 0.0369. The molecule has 0 radical (unpaired) electrons. The number of anilines is 1. The fraction of sp³-hybridized carbons (Fsp3) is 0.182. The van der Waals surface area contributed by atoms with Gasteiger partial charge in [-0.05, 0) is 12.1 Å². The van der Waals surface area contributed by atoms with Gasteiger partial charge in [-0.15, -0.1) is 0 Å². The van der Waals surface area contributed by atoms with Crippen LogP contribution in [0.3, 0.4) is 0 Å². The van der Waals surface area contributed by atoms with Gasteiger partial charge in [-0.2, -0.15) is 0 Å². The summed E-state index contributed by atoms with van der Waals surface area (Å²) in [5, 5.41) is 0.334.